The van der Waals surface area contributed by atoms with E-state index in [-0.39, 0.29) is 5.82 Å². The second-order valence-corrected chi connectivity index (χ2v) is 3.55. The monoisotopic (exact) mass is 215 g/mol. The molecular formula is C13H10FNO. The molecule has 0 aliphatic heterocycles. The third-order valence-corrected chi connectivity index (χ3v) is 2.29. The highest BCUT2D eigenvalue weighted by Gasteiger charge is 2.06. The first-order chi connectivity index (χ1) is 7.70. The summed E-state index contributed by atoms with van der Waals surface area (Å²) in [6.45, 7) is 1.88. The summed E-state index contributed by atoms with van der Waals surface area (Å²) in [6.07, 6.45) is 0.650. The molecule has 16 heavy (non-hydrogen) atoms. The molecule has 0 amide bonds. The van der Waals surface area contributed by atoms with Crippen LogP contribution in [0.25, 0.3) is 11.3 Å². The van der Waals surface area contributed by atoms with Crippen molar-refractivity contribution in [2.24, 2.45) is 0 Å². The van der Waals surface area contributed by atoms with E-state index in [1.54, 1.807) is 30.3 Å². The van der Waals surface area contributed by atoms with Gasteiger partial charge in [-0.15, -0.1) is 0 Å². The number of aldehydes is 1. The first kappa shape index (κ1) is 10.5. The molecule has 2 nitrogen and oxygen atoms in total. The van der Waals surface area contributed by atoms with Crippen molar-refractivity contribution in [3.05, 3.63) is 53.5 Å². The minimum Gasteiger partial charge on any atom is -0.296 e. The van der Waals surface area contributed by atoms with E-state index in [0.717, 1.165) is 5.56 Å². The number of carbonyl (C=O) groups excluding carboxylic acids is 1. The highest BCUT2D eigenvalue weighted by Crippen LogP contribution is 2.21. The van der Waals surface area contributed by atoms with E-state index >= 15 is 0 Å². The third-order valence-electron chi connectivity index (χ3n) is 2.29. The van der Waals surface area contributed by atoms with Crippen LogP contribution < -0.4 is 0 Å². The lowest BCUT2D eigenvalue weighted by Crippen LogP contribution is -1.92. The molecule has 2 aromatic rings. The van der Waals surface area contributed by atoms with Gasteiger partial charge in [-0.05, 0) is 31.2 Å². The van der Waals surface area contributed by atoms with Crippen molar-refractivity contribution in [2.45, 2.75) is 6.92 Å². The van der Waals surface area contributed by atoms with Gasteiger partial charge in [-0.3, -0.25) is 4.79 Å². The van der Waals surface area contributed by atoms with Crippen LogP contribution in [0.4, 0.5) is 4.39 Å². The van der Waals surface area contributed by atoms with Gasteiger partial charge in [0.15, 0.2) is 6.29 Å². The molecule has 0 saturated heterocycles. The van der Waals surface area contributed by atoms with E-state index in [0.29, 0.717) is 23.2 Å². The molecule has 0 unspecified atom stereocenters. The summed E-state index contributed by atoms with van der Waals surface area (Å²) >= 11 is 0. The van der Waals surface area contributed by atoms with E-state index < -0.39 is 0 Å². The number of pyridine rings is 1. The fourth-order valence-corrected chi connectivity index (χ4v) is 1.50. The maximum Gasteiger partial charge on any atom is 0.168 e. The first-order valence-electron chi connectivity index (χ1n) is 4.89. The number of rotatable bonds is 2. The lowest BCUT2D eigenvalue weighted by molar-refractivity contribution is 0.111. The highest BCUT2D eigenvalue weighted by atomic mass is 19.1. The van der Waals surface area contributed by atoms with Gasteiger partial charge in [0.1, 0.15) is 11.5 Å². The van der Waals surface area contributed by atoms with Crippen LogP contribution in [0.15, 0.2) is 36.4 Å². The Kier molecular flexibility index (Phi) is 2.77. The Morgan fingerprint density at radius 2 is 2.06 bits per heavy atom. The molecule has 0 spiro atoms. The summed E-state index contributed by atoms with van der Waals surface area (Å²) < 4.78 is 13.6. The lowest BCUT2D eigenvalue weighted by Gasteiger charge is -2.04. The smallest absolute Gasteiger partial charge is 0.168 e. The molecule has 0 N–H and O–H groups in total. The highest BCUT2D eigenvalue weighted by molar-refractivity contribution is 5.74. The molecule has 2 rings (SSSR count). The summed E-state index contributed by atoms with van der Waals surface area (Å²) in [6, 6.07) is 9.78. The average molecular weight is 215 g/mol. The van der Waals surface area contributed by atoms with Gasteiger partial charge in [0.25, 0.3) is 0 Å². The number of carbonyl (C=O) groups is 1. The Morgan fingerprint density at radius 3 is 2.81 bits per heavy atom. The van der Waals surface area contributed by atoms with Crippen LogP contribution in [0, 0.1) is 12.7 Å². The van der Waals surface area contributed by atoms with Crippen LogP contribution >= 0.6 is 0 Å². The van der Waals surface area contributed by atoms with E-state index in [4.69, 9.17) is 0 Å². The third kappa shape index (κ3) is 1.98. The summed E-state index contributed by atoms with van der Waals surface area (Å²) in [7, 11) is 0. The molecule has 1 aromatic heterocycles. The Hall–Kier alpha value is -2.03. The van der Waals surface area contributed by atoms with Crippen molar-refractivity contribution < 1.29 is 9.18 Å². The molecule has 0 radical (unpaired) electrons. The molecule has 80 valence electrons. The normalized spacial score (nSPS) is 10.1. The predicted octanol–water partition coefficient (Wildman–Crippen LogP) is 3.01. The van der Waals surface area contributed by atoms with Gasteiger partial charge >= 0.3 is 0 Å². The van der Waals surface area contributed by atoms with Gasteiger partial charge in [0, 0.05) is 5.56 Å². The first-order valence-corrected chi connectivity index (χ1v) is 4.89. The minimum absolute atomic E-state index is 0.304. The van der Waals surface area contributed by atoms with Crippen molar-refractivity contribution in [1.29, 1.82) is 0 Å². The van der Waals surface area contributed by atoms with Crippen molar-refractivity contribution in [1.82, 2.24) is 4.98 Å². The molecule has 0 atom stereocenters. The minimum atomic E-state index is -0.332. The largest absolute Gasteiger partial charge is 0.296 e. The number of aromatic nitrogens is 1. The lowest BCUT2D eigenvalue weighted by atomic mass is 10.1. The van der Waals surface area contributed by atoms with E-state index in [1.807, 2.05) is 6.92 Å². The second kappa shape index (κ2) is 4.23. The predicted molar refractivity (Wildman–Crippen MR) is 59.8 cm³/mol. The molecule has 0 bridgehead atoms. The van der Waals surface area contributed by atoms with Crippen molar-refractivity contribution in [3.8, 4) is 11.3 Å². The number of hydrogen-bond donors (Lipinski definition) is 0. The number of halogens is 1. The van der Waals surface area contributed by atoms with Crippen molar-refractivity contribution >= 4 is 6.29 Å². The maximum atomic E-state index is 13.6. The Balaban J connectivity index is 2.57. The van der Waals surface area contributed by atoms with Gasteiger partial charge in [0.2, 0.25) is 0 Å². The molecular weight excluding hydrogens is 205 g/mol. The van der Waals surface area contributed by atoms with Crippen molar-refractivity contribution in [3.63, 3.8) is 0 Å². The van der Waals surface area contributed by atoms with Crippen LogP contribution in [0.2, 0.25) is 0 Å². The van der Waals surface area contributed by atoms with Gasteiger partial charge in [0.05, 0.1) is 5.69 Å². The molecule has 0 aliphatic rings. The Labute approximate surface area is 92.8 Å². The van der Waals surface area contributed by atoms with E-state index in [1.165, 1.54) is 6.07 Å². The second-order valence-electron chi connectivity index (χ2n) is 3.55. The molecule has 1 aromatic carbocycles. The zero-order chi connectivity index (χ0) is 11.5. The average Bonchev–Trinajstić information content (AvgIpc) is 2.32. The number of nitrogens with zero attached hydrogens (tertiary/aromatic N) is 1. The Morgan fingerprint density at radius 1 is 1.25 bits per heavy atom. The fourth-order valence-electron chi connectivity index (χ4n) is 1.50. The summed E-state index contributed by atoms with van der Waals surface area (Å²) in [5, 5.41) is 0. The SMILES string of the molecule is Cc1ccc(F)c(-c2cccc(C=O)n2)c1. The fraction of sp³-hybridized carbons (Fsp3) is 0.0769. The van der Waals surface area contributed by atoms with Crippen LogP contribution in [0.1, 0.15) is 16.1 Å². The molecule has 0 saturated carbocycles. The van der Waals surface area contributed by atoms with E-state index in [9.17, 15) is 9.18 Å². The quantitative estimate of drug-likeness (QED) is 0.721. The van der Waals surface area contributed by atoms with Crippen molar-refractivity contribution in [2.75, 3.05) is 0 Å². The van der Waals surface area contributed by atoms with Gasteiger partial charge in [-0.1, -0.05) is 17.7 Å². The van der Waals surface area contributed by atoms with Gasteiger partial charge in [-0.25, -0.2) is 9.37 Å². The number of hydrogen-bond acceptors (Lipinski definition) is 2. The van der Waals surface area contributed by atoms with Gasteiger partial charge < -0.3 is 0 Å². The molecule has 0 aliphatic carbocycles. The van der Waals surface area contributed by atoms with Crippen LogP contribution in [0.3, 0.4) is 0 Å². The zero-order valence-electron chi connectivity index (χ0n) is 8.77. The number of aryl methyl sites for hydroxylation is 1. The van der Waals surface area contributed by atoms with E-state index in [2.05, 4.69) is 4.98 Å². The topological polar surface area (TPSA) is 30.0 Å². The number of benzene rings is 1. The maximum absolute atomic E-state index is 13.6. The Bertz CT molecular complexity index is 537. The summed E-state index contributed by atoms with van der Waals surface area (Å²) in [4.78, 5) is 14.6. The van der Waals surface area contributed by atoms with Crippen LogP contribution in [0.5, 0.6) is 0 Å². The standard InChI is InChI=1S/C13H10FNO/c1-9-5-6-12(14)11(7-9)13-4-2-3-10(8-16)15-13/h2-8H,1H3. The molecule has 3 heteroatoms. The molecule has 1 heterocycles. The summed E-state index contributed by atoms with van der Waals surface area (Å²) in [5.41, 5.74) is 2.16. The van der Waals surface area contributed by atoms with Crippen LogP contribution in [-0.2, 0) is 0 Å². The van der Waals surface area contributed by atoms with Crippen LogP contribution in [-0.4, -0.2) is 11.3 Å². The summed E-state index contributed by atoms with van der Waals surface area (Å²) in [5.74, 6) is -0.332. The zero-order valence-corrected chi connectivity index (χ0v) is 8.77. The molecule has 0 fully saturated rings. The van der Waals surface area contributed by atoms with Gasteiger partial charge in [-0.2, -0.15) is 0 Å².